The average molecular weight is 577 g/mol. The van der Waals surface area contributed by atoms with Gasteiger partial charge in [-0.1, -0.05) is 68.1 Å². The molecule has 0 N–H and O–H groups in total. The number of hydrogen-bond acceptors (Lipinski definition) is 6. The summed E-state index contributed by atoms with van der Waals surface area (Å²) in [7, 11) is 1.60. The molecule has 0 spiro atoms. The van der Waals surface area contributed by atoms with E-state index in [0.717, 1.165) is 42.4 Å². The van der Waals surface area contributed by atoms with Crippen LogP contribution in [-0.4, -0.2) is 34.7 Å². The highest BCUT2D eigenvalue weighted by molar-refractivity contribution is 6.16. The Morgan fingerprint density at radius 2 is 1.63 bits per heavy atom. The number of carbonyl (C=O) groups is 2. The zero-order valence-corrected chi connectivity index (χ0v) is 24.4. The van der Waals surface area contributed by atoms with Gasteiger partial charge in [-0.25, -0.2) is 4.98 Å². The Balaban J connectivity index is 1.38. The van der Waals surface area contributed by atoms with Gasteiger partial charge in [0.2, 0.25) is 5.89 Å². The summed E-state index contributed by atoms with van der Waals surface area (Å²) in [5.74, 6) is 1.13. The first-order valence-electron chi connectivity index (χ1n) is 15.0. The van der Waals surface area contributed by atoms with E-state index in [1.807, 2.05) is 59.5 Å². The first-order valence-corrected chi connectivity index (χ1v) is 15.0. The topological polar surface area (TPSA) is 81.9 Å². The number of Topliss-reactive ketones (excluding diaryl/α,β-unsaturated/α-hetero) is 1. The Kier molecular flexibility index (Phi) is 8.68. The Labute approximate surface area is 252 Å². The summed E-state index contributed by atoms with van der Waals surface area (Å²) in [5.41, 5.74) is 3.74. The normalized spacial score (nSPS) is 17.7. The molecule has 43 heavy (non-hydrogen) atoms. The summed E-state index contributed by atoms with van der Waals surface area (Å²) in [5, 5.41) is 0. The summed E-state index contributed by atoms with van der Waals surface area (Å²) < 4.78 is 17.1. The number of amides is 1. The van der Waals surface area contributed by atoms with E-state index in [-0.39, 0.29) is 36.0 Å². The van der Waals surface area contributed by atoms with Crippen LogP contribution in [-0.2, 0) is 22.7 Å². The number of methoxy groups -OCH3 is 1. The lowest BCUT2D eigenvalue weighted by atomic mass is 9.84. The molecule has 1 amide bonds. The van der Waals surface area contributed by atoms with Gasteiger partial charge in [-0.15, -0.1) is 0 Å². The molecule has 6 rings (SSSR count). The van der Waals surface area contributed by atoms with Gasteiger partial charge in [-0.3, -0.25) is 9.59 Å². The molecule has 1 aliphatic heterocycles. The number of nitrogens with zero attached hydrogens (tertiary/aromatic N) is 2. The van der Waals surface area contributed by atoms with Gasteiger partial charge < -0.3 is 18.8 Å². The van der Waals surface area contributed by atoms with Crippen LogP contribution in [0.25, 0.3) is 11.5 Å². The van der Waals surface area contributed by atoms with E-state index in [2.05, 4.69) is 4.98 Å². The van der Waals surface area contributed by atoms with E-state index >= 15 is 0 Å². The van der Waals surface area contributed by atoms with Crippen molar-refractivity contribution < 1.29 is 23.5 Å². The molecule has 1 unspecified atom stereocenters. The van der Waals surface area contributed by atoms with E-state index < -0.39 is 0 Å². The Bertz CT molecular complexity index is 1550. The van der Waals surface area contributed by atoms with Crippen molar-refractivity contribution in [2.75, 3.05) is 7.11 Å². The summed E-state index contributed by atoms with van der Waals surface area (Å²) >= 11 is 0. The maximum atomic E-state index is 14.4. The first kappa shape index (κ1) is 28.5. The second-order valence-electron chi connectivity index (χ2n) is 11.2. The quantitative estimate of drug-likeness (QED) is 0.145. The van der Waals surface area contributed by atoms with Gasteiger partial charge in [0.25, 0.3) is 5.91 Å². The molecule has 0 bridgehead atoms. The van der Waals surface area contributed by atoms with Crippen molar-refractivity contribution in [1.82, 2.24) is 9.88 Å². The molecule has 1 aromatic heterocycles. The fraction of sp³-hybridized carbons (Fsp3) is 0.306. The molecule has 0 saturated heterocycles. The SMILES string of the molecule is COc1ccc(C(=O)C2=C(OCc3ccccc3)C(=O)N(Cc3ccc(-c4ncco4)cc3)C2C2CCCCCC2)cc1. The lowest BCUT2D eigenvalue weighted by molar-refractivity contribution is -0.131. The molecule has 0 radical (unpaired) electrons. The molecule has 4 aromatic rings. The van der Waals surface area contributed by atoms with Gasteiger partial charge in [0.05, 0.1) is 24.9 Å². The van der Waals surface area contributed by atoms with Gasteiger partial charge in [0.15, 0.2) is 11.5 Å². The van der Waals surface area contributed by atoms with Gasteiger partial charge in [-0.05, 0) is 66.3 Å². The summed E-state index contributed by atoms with van der Waals surface area (Å²) in [6, 6.07) is 24.3. The second-order valence-corrected chi connectivity index (χ2v) is 11.2. The molecule has 1 aliphatic carbocycles. The third-order valence-electron chi connectivity index (χ3n) is 8.49. The molecule has 1 atom stereocenters. The van der Waals surface area contributed by atoms with Crippen LogP contribution in [0.15, 0.2) is 107 Å². The minimum Gasteiger partial charge on any atom is -0.497 e. The molecule has 7 nitrogen and oxygen atoms in total. The summed E-state index contributed by atoms with van der Waals surface area (Å²) in [6.07, 6.45) is 9.59. The van der Waals surface area contributed by atoms with Crippen molar-refractivity contribution in [2.45, 2.75) is 57.7 Å². The van der Waals surface area contributed by atoms with Crippen LogP contribution in [0.3, 0.4) is 0 Å². The fourth-order valence-electron chi connectivity index (χ4n) is 6.27. The Morgan fingerprint density at radius 1 is 0.907 bits per heavy atom. The van der Waals surface area contributed by atoms with E-state index in [0.29, 0.717) is 29.3 Å². The molecule has 1 fully saturated rings. The lowest BCUT2D eigenvalue weighted by Gasteiger charge is -2.33. The second kappa shape index (κ2) is 13.1. The first-order chi connectivity index (χ1) is 21.1. The molecule has 3 aromatic carbocycles. The minimum atomic E-state index is -0.377. The lowest BCUT2D eigenvalue weighted by Crippen LogP contribution is -2.41. The number of hydrogen-bond donors (Lipinski definition) is 0. The molecular weight excluding hydrogens is 540 g/mol. The number of rotatable bonds is 10. The van der Waals surface area contributed by atoms with Gasteiger partial charge in [-0.2, -0.15) is 0 Å². The Hall–Kier alpha value is -4.65. The fourth-order valence-corrected chi connectivity index (χ4v) is 6.27. The average Bonchev–Trinajstić information content (AvgIpc) is 3.58. The van der Waals surface area contributed by atoms with Crippen LogP contribution < -0.4 is 4.74 Å². The summed E-state index contributed by atoms with van der Waals surface area (Å²) in [4.78, 5) is 34.8. The number of oxazole rings is 1. The maximum absolute atomic E-state index is 14.4. The molecule has 2 aliphatic rings. The van der Waals surface area contributed by atoms with Crippen molar-refractivity contribution >= 4 is 11.7 Å². The minimum absolute atomic E-state index is 0.160. The van der Waals surface area contributed by atoms with Crippen molar-refractivity contribution in [1.29, 1.82) is 0 Å². The van der Waals surface area contributed by atoms with E-state index in [9.17, 15) is 9.59 Å². The van der Waals surface area contributed by atoms with Gasteiger partial charge in [0.1, 0.15) is 18.6 Å². The smallest absolute Gasteiger partial charge is 0.290 e. The molecule has 2 heterocycles. The molecule has 1 saturated carbocycles. The summed E-state index contributed by atoms with van der Waals surface area (Å²) in [6.45, 7) is 0.570. The highest BCUT2D eigenvalue weighted by Gasteiger charge is 2.47. The van der Waals surface area contributed by atoms with Gasteiger partial charge in [0, 0.05) is 17.7 Å². The van der Waals surface area contributed by atoms with Crippen molar-refractivity contribution in [3.8, 4) is 17.2 Å². The molecule has 220 valence electrons. The molecular formula is C36H36N2O5. The van der Waals surface area contributed by atoms with Crippen molar-refractivity contribution in [3.05, 3.63) is 119 Å². The number of ketones is 1. The maximum Gasteiger partial charge on any atom is 0.290 e. The van der Waals surface area contributed by atoms with E-state index in [1.165, 1.54) is 12.8 Å². The van der Waals surface area contributed by atoms with Crippen LogP contribution in [0, 0.1) is 5.92 Å². The number of carbonyl (C=O) groups excluding carboxylic acids is 2. The zero-order valence-electron chi connectivity index (χ0n) is 24.4. The third kappa shape index (κ3) is 6.26. The number of ether oxygens (including phenoxy) is 2. The van der Waals surface area contributed by atoms with E-state index in [4.69, 9.17) is 13.9 Å². The van der Waals surface area contributed by atoms with Gasteiger partial charge >= 0.3 is 0 Å². The van der Waals surface area contributed by atoms with Crippen LogP contribution in [0.2, 0.25) is 0 Å². The van der Waals surface area contributed by atoms with Crippen LogP contribution in [0.5, 0.6) is 5.75 Å². The van der Waals surface area contributed by atoms with Crippen LogP contribution in [0.4, 0.5) is 0 Å². The van der Waals surface area contributed by atoms with Crippen molar-refractivity contribution in [2.24, 2.45) is 5.92 Å². The highest BCUT2D eigenvalue weighted by Crippen LogP contribution is 2.40. The predicted molar refractivity (Wildman–Crippen MR) is 163 cm³/mol. The predicted octanol–water partition coefficient (Wildman–Crippen LogP) is 7.39. The Morgan fingerprint density at radius 3 is 2.28 bits per heavy atom. The zero-order chi connectivity index (χ0) is 29.6. The monoisotopic (exact) mass is 576 g/mol. The number of benzene rings is 3. The van der Waals surface area contributed by atoms with Crippen molar-refractivity contribution in [3.63, 3.8) is 0 Å². The number of aromatic nitrogens is 1. The standard InChI is InChI=1S/C36H36N2O5/c1-41-30-19-17-28(18-20-30)33(39)31-32(27-11-7-2-3-8-12-27)38(36(40)34(31)43-24-26-9-5-4-6-10-26)23-25-13-15-29(16-14-25)35-37-21-22-42-35/h4-6,9-10,13-22,27,32H,2-3,7-8,11-12,23-24H2,1H3. The highest BCUT2D eigenvalue weighted by atomic mass is 16.5. The van der Waals surface area contributed by atoms with Crippen LogP contribution >= 0.6 is 0 Å². The van der Waals surface area contributed by atoms with Crippen LogP contribution in [0.1, 0.15) is 60.0 Å². The molecule has 7 heteroatoms. The largest absolute Gasteiger partial charge is 0.497 e. The third-order valence-corrected chi connectivity index (χ3v) is 8.49. The van der Waals surface area contributed by atoms with E-state index in [1.54, 1.807) is 43.8 Å².